The summed E-state index contributed by atoms with van der Waals surface area (Å²) in [7, 11) is 0. The number of amides is 2. The highest BCUT2D eigenvalue weighted by Gasteiger charge is 2.31. The second-order valence-corrected chi connectivity index (χ2v) is 8.10. The molecule has 1 atom stereocenters. The van der Waals surface area contributed by atoms with Crippen LogP contribution in [0, 0.1) is 0 Å². The van der Waals surface area contributed by atoms with E-state index >= 15 is 0 Å². The molecule has 28 heavy (non-hydrogen) atoms. The number of hydrogen-bond acceptors (Lipinski definition) is 3. The zero-order valence-corrected chi connectivity index (χ0v) is 17.6. The predicted molar refractivity (Wildman–Crippen MR) is 114 cm³/mol. The molecule has 1 fully saturated rings. The molecule has 2 aromatic carbocycles. The van der Waals surface area contributed by atoms with Crippen molar-refractivity contribution in [1.82, 2.24) is 4.90 Å². The normalized spacial score (nSPS) is 15.9. The molecule has 148 valence electrons. The number of halogens is 1. The van der Waals surface area contributed by atoms with Gasteiger partial charge in [0.1, 0.15) is 0 Å². The van der Waals surface area contributed by atoms with Crippen LogP contribution in [0.3, 0.4) is 0 Å². The fourth-order valence-electron chi connectivity index (χ4n) is 3.41. The Morgan fingerprint density at radius 2 is 1.75 bits per heavy atom. The number of anilines is 1. The Morgan fingerprint density at radius 3 is 2.43 bits per heavy atom. The van der Waals surface area contributed by atoms with Gasteiger partial charge in [-0.25, -0.2) is 0 Å². The highest BCUT2D eigenvalue weighted by Crippen LogP contribution is 2.24. The maximum Gasteiger partial charge on any atom is 0.282 e. The van der Waals surface area contributed by atoms with Crippen LogP contribution >= 0.6 is 23.4 Å². The van der Waals surface area contributed by atoms with Crippen LogP contribution < -0.4 is 10.2 Å². The largest absolute Gasteiger partial charge is 0.327 e. The molecule has 2 N–H and O–H groups in total. The minimum atomic E-state index is -0.188. The quantitative estimate of drug-likeness (QED) is 0.733. The minimum Gasteiger partial charge on any atom is -0.327 e. The first-order chi connectivity index (χ1) is 13.5. The van der Waals surface area contributed by atoms with Gasteiger partial charge in [-0.2, -0.15) is 0 Å². The Hall–Kier alpha value is -2.02. The van der Waals surface area contributed by atoms with E-state index in [1.807, 2.05) is 54.5 Å². The second-order valence-electron chi connectivity index (χ2n) is 6.84. The zero-order valence-electron chi connectivity index (χ0n) is 16.1. The van der Waals surface area contributed by atoms with Gasteiger partial charge in [-0.15, -0.1) is 11.8 Å². The molecule has 0 saturated carbocycles. The van der Waals surface area contributed by atoms with Crippen LogP contribution in [0.5, 0.6) is 0 Å². The smallest absolute Gasteiger partial charge is 0.282 e. The summed E-state index contributed by atoms with van der Waals surface area (Å²) in [6.07, 6.45) is 1.99. The summed E-state index contributed by atoms with van der Waals surface area (Å²) < 4.78 is 0. The van der Waals surface area contributed by atoms with Crippen molar-refractivity contribution in [2.45, 2.75) is 17.9 Å². The molecule has 5 nitrogen and oxygen atoms in total. The van der Waals surface area contributed by atoms with E-state index < -0.39 is 0 Å². The summed E-state index contributed by atoms with van der Waals surface area (Å²) in [5.41, 5.74) is 1.38. The topological polar surface area (TPSA) is 53.9 Å². The predicted octanol–water partition coefficient (Wildman–Crippen LogP) is 2.43. The third-order valence-corrected chi connectivity index (χ3v) is 6.29. The number of para-hydroxylation sites is 1. The first kappa shape index (κ1) is 20.7. The van der Waals surface area contributed by atoms with Crippen molar-refractivity contribution in [1.29, 1.82) is 0 Å². The monoisotopic (exact) mass is 418 g/mol. The van der Waals surface area contributed by atoms with Crippen molar-refractivity contribution in [3.63, 3.8) is 0 Å². The van der Waals surface area contributed by atoms with Crippen LogP contribution in [0.4, 0.5) is 5.69 Å². The summed E-state index contributed by atoms with van der Waals surface area (Å²) in [5.74, 6) is -0.0435. The van der Waals surface area contributed by atoms with Crippen LogP contribution in [0.1, 0.15) is 17.3 Å². The number of nitrogens with zero attached hydrogens (tertiary/aromatic N) is 1. The number of carbonyl (C=O) groups is 2. The summed E-state index contributed by atoms with van der Waals surface area (Å²) in [6, 6.07) is 14.7. The van der Waals surface area contributed by atoms with E-state index in [-0.39, 0.29) is 17.9 Å². The third-order valence-electron chi connectivity index (χ3n) is 5.17. The highest BCUT2D eigenvalue weighted by molar-refractivity contribution is 7.98. The molecule has 0 spiro atoms. The molecule has 2 aromatic rings. The van der Waals surface area contributed by atoms with Gasteiger partial charge in [0.05, 0.1) is 42.5 Å². The molecular weight excluding hydrogens is 394 g/mol. The summed E-state index contributed by atoms with van der Waals surface area (Å²) >= 11 is 7.76. The number of carbonyl (C=O) groups excluding carboxylic acids is 2. The molecule has 0 radical (unpaired) electrons. The van der Waals surface area contributed by atoms with Crippen molar-refractivity contribution in [2.24, 2.45) is 0 Å². The number of hydrogen-bond donors (Lipinski definition) is 2. The van der Waals surface area contributed by atoms with Gasteiger partial charge in [-0.05, 0) is 37.4 Å². The lowest BCUT2D eigenvalue weighted by Crippen LogP contribution is -3.19. The molecule has 2 amide bonds. The van der Waals surface area contributed by atoms with E-state index in [2.05, 4.69) is 5.32 Å². The van der Waals surface area contributed by atoms with Crippen molar-refractivity contribution in [3.05, 3.63) is 59.1 Å². The van der Waals surface area contributed by atoms with Crippen molar-refractivity contribution < 1.29 is 14.5 Å². The lowest BCUT2D eigenvalue weighted by molar-refractivity contribution is -0.917. The van der Waals surface area contributed by atoms with Gasteiger partial charge in [0, 0.05) is 4.90 Å². The van der Waals surface area contributed by atoms with Crippen LogP contribution in [0.25, 0.3) is 0 Å². The van der Waals surface area contributed by atoms with Crippen LogP contribution in [-0.4, -0.2) is 55.2 Å². The Kier molecular flexibility index (Phi) is 6.99. The molecule has 3 rings (SSSR count). The van der Waals surface area contributed by atoms with E-state index in [0.29, 0.717) is 23.7 Å². The molecule has 1 aliphatic heterocycles. The number of rotatable bonds is 5. The average molecular weight is 419 g/mol. The summed E-state index contributed by atoms with van der Waals surface area (Å²) in [4.78, 5) is 29.5. The SMILES string of the molecule is CSc1ccccc1NC(=O)[C@@H](C)[NH+]1CCN(C(=O)c2ccccc2Cl)CC1. The fourth-order valence-corrected chi connectivity index (χ4v) is 4.18. The molecule has 0 unspecified atom stereocenters. The van der Waals surface area contributed by atoms with Gasteiger partial charge in [-0.1, -0.05) is 35.9 Å². The fraction of sp³-hybridized carbons (Fsp3) is 0.333. The Morgan fingerprint density at radius 1 is 1.11 bits per heavy atom. The maximum absolute atomic E-state index is 12.7. The number of thioether (sulfide) groups is 1. The minimum absolute atomic E-state index is 0.00220. The van der Waals surface area contributed by atoms with E-state index in [1.165, 1.54) is 4.90 Å². The van der Waals surface area contributed by atoms with Gasteiger partial charge >= 0.3 is 0 Å². The highest BCUT2D eigenvalue weighted by atomic mass is 35.5. The standard InChI is InChI=1S/C21H24ClN3O2S/c1-15(20(26)23-18-9-5-6-10-19(18)28-2)24-11-13-25(14-12-24)21(27)16-7-3-4-8-17(16)22/h3-10,15H,11-14H2,1-2H3,(H,23,26)/p+1/t15-/m1/s1. The molecule has 0 aromatic heterocycles. The zero-order chi connectivity index (χ0) is 20.1. The van der Waals surface area contributed by atoms with Gasteiger partial charge in [-0.3, -0.25) is 9.59 Å². The van der Waals surface area contributed by atoms with Gasteiger partial charge in [0.2, 0.25) is 0 Å². The summed E-state index contributed by atoms with van der Waals surface area (Å²) in [5, 5.41) is 3.52. The number of quaternary nitrogens is 1. The lowest BCUT2D eigenvalue weighted by Gasteiger charge is -2.35. The molecule has 7 heteroatoms. The third kappa shape index (κ3) is 4.69. The Labute approximate surface area is 175 Å². The number of benzene rings is 2. The van der Waals surface area contributed by atoms with Crippen LogP contribution in [-0.2, 0) is 4.79 Å². The molecular formula is C21H25ClN3O2S+. The van der Waals surface area contributed by atoms with E-state index in [0.717, 1.165) is 23.7 Å². The van der Waals surface area contributed by atoms with Gasteiger partial charge in [0.25, 0.3) is 11.8 Å². The lowest BCUT2D eigenvalue weighted by atomic mass is 10.1. The number of piperazine rings is 1. The van der Waals surface area contributed by atoms with Crippen molar-refractivity contribution in [2.75, 3.05) is 37.8 Å². The molecule has 0 aliphatic carbocycles. The van der Waals surface area contributed by atoms with E-state index in [4.69, 9.17) is 11.6 Å². The first-order valence-electron chi connectivity index (χ1n) is 9.33. The molecule has 1 aliphatic rings. The molecule has 1 saturated heterocycles. The first-order valence-corrected chi connectivity index (χ1v) is 10.9. The average Bonchev–Trinajstić information content (AvgIpc) is 2.73. The van der Waals surface area contributed by atoms with Crippen LogP contribution in [0.2, 0.25) is 5.02 Å². The number of nitrogens with one attached hydrogen (secondary N) is 2. The maximum atomic E-state index is 12.7. The Balaban J connectivity index is 1.57. The van der Waals surface area contributed by atoms with E-state index in [1.54, 1.807) is 23.9 Å². The van der Waals surface area contributed by atoms with Crippen molar-refractivity contribution in [3.8, 4) is 0 Å². The van der Waals surface area contributed by atoms with Gasteiger partial charge in [0.15, 0.2) is 6.04 Å². The van der Waals surface area contributed by atoms with Gasteiger partial charge < -0.3 is 15.1 Å². The Bertz CT molecular complexity index is 853. The molecule has 0 bridgehead atoms. The van der Waals surface area contributed by atoms with Crippen LogP contribution in [0.15, 0.2) is 53.4 Å². The second kappa shape index (κ2) is 9.45. The van der Waals surface area contributed by atoms with Crippen molar-refractivity contribution >= 4 is 40.9 Å². The molecule has 1 heterocycles. The summed E-state index contributed by atoms with van der Waals surface area (Å²) in [6.45, 7) is 4.62. The van der Waals surface area contributed by atoms with E-state index in [9.17, 15) is 9.59 Å².